The van der Waals surface area contributed by atoms with Gasteiger partial charge in [-0.1, -0.05) is 26.0 Å². The van der Waals surface area contributed by atoms with E-state index in [1.807, 2.05) is 36.4 Å². The lowest BCUT2D eigenvalue weighted by atomic mass is 10.1. The number of carbonyl (C=O) groups is 1. The fraction of sp³-hybridized carbons (Fsp3) is 0.350. The third kappa shape index (κ3) is 6.42. The van der Waals surface area contributed by atoms with Gasteiger partial charge < -0.3 is 15.4 Å². The highest BCUT2D eigenvalue weighted by atomic mass is 16.5. The minimum Gasteiger partial charge on any atom is -0.457 e. The number of ether oxygens (including phenoxy) is 1. The van der Waals surface area contributed by atoms with E-state index in [2.05, 4.69) is 36.6 Å². The molecule has 0 fully saturated rings. The van der Waals surface area contributed by atoms with Crippen LogP contribution in [-0.4, -0.2) is 19.0 Å². The fourth-order valence-electron chi connectivity index (χ4n) is 2.29. The Kier molecular flexibility index (Phi) is 6.82. The van der Waals surface area contributed by atoms with Crippen LogP contribution in [0.1, 0.15) is 26.3 Å². The second-order valence-corrected chi connectivity index (χ2v) is 6.30. The van der Waals surface area contributed by atoms with Crippen molar-refractivity contribution in [2.45, 2.75) is 27.2 Å². The van der Waals surface area contributed by atoms with Crippen LogP contribution in [0.4, 0.5) is 5.69 Å². The maximum atomic E-state index is 11.0. The summed E-state index contributed by atoms with van der Waals surface area (Å²) >= 11 is 0. The quantitative estimate of drug-likeness (QED) is 0.714. The molecular formula is C20H26N2O2. The van der Waals surface area contributed by atoms with Gasteiger partial charge in [-0.05, 0) is 67.4 Å². The maximum absolute atomic E-state index is 11.0. The first-order valence-electron chi connectivity index (χ1n) is 8.38. The Balaban J connectivity index is 1.83. The Bertz CT molecular complexity index is 634. The van der Waals surface area contributed by atoms with Crippen LogP contribution in [0.25, 0.3) is 0 Å². The minimum atomic E-state index is -0.0814. The molecule has 0 saturated carbocycles. The van der Waals surface area contributed by atoms with Crippen LogP contribution >= 0.6 is 0 Å². The summed E-state index contributed by atoms with van der Waals surface area (Å²) in [6.07, 6.45) is 1.01. The number of carbonyl (C=O) groups excluding carboxylic acids is 1. The Hall–Kier alpha value is -2.33. The molecular weight excluding hydrogens is 300 g/mol. The van der Waals surface area contributed by atoms with Gasteiger partial charge in [0, 0.05) is 12.6 Å². The lowest BCUT2D eigenvalue weighted by Crippen LogP contribution is -2.22. The highest BCUT2D eigenvalue weighted by Gasteiger charge is 2.00. The third-order valence-corrected chi connectivity index (χ3v) is 3.48. The summed E-state index contributed by atoms with van der Waals surface area (Å²) in [7, 11) is 0. The molecule has 0 heterocycles. The zero-order valence-corrected chi connectivity index (χ0v) is 14.6. The van der Waals surface area contributed by atoms with Gasteiger partial charge in [-0.15, -0.1) is 0 Å². The van der Waals surface area contributed by atoms with Crippen molar-refractivity contribution in [1.29, 1.82) is 0 Å². The summed E-state index contributed by atoms with van der Waals surface area (Å²) in [4.78, 5) is 11.0. The lowest BCUT2D eigenvalue weighted by molar-refractivity contribution is -0.114. The summed E-state index contributed by atoms with van der Waals surface area (Å²) < 4.78 is 5.82. The van der Waals surface area contributed by atoms with Crippen molar-refractivity contribution in [2.24, 2.45) is 5.92 Å². The number of anilines is 1. The molecule has 0 aromatic heterocycles. The van der Waals surface area contributed by atoms with Crippen molar-refractivity contribution in [2.75, 3.05) is 18.4 Å². The second-order valence-electron chi connectivity index (χ2n) is 6.30. The van der Waals surface area contributed by atoms with Gasteiger partial charge in [-0.3, -0.25) is 4.79 Å². The molecule has 2 aromatic rings. The highest BCUT2D eigenvalue weighted by molar-refractivity contribution is 5.88. The average molecular weight is 326 g/mol. The lowest BCUT2D eigenvalue weighted by Gasteiger charge is -2.09. The Morgan fingerprint density at radius 1 is 1.00 bits per heavy atom. The van der Waals surface area contributed by atoms with Gasteiger partial charge in [0.05, 0.1) is 0 Å². The van der Waals surface area contributed by atoms with Gasteiger partial charge >= 0.3 is 0 Å². The molecule has 1 amide bonds. The summed E-state index contributed by atoms with van der Waals surface area (Å²) in [5.74, 6) is 2.15. The number of hydrogen-bond donors (Lipinski definition) is 2. The van der Waals surface area contributed by atoms with Crippen LogP contribution in [0.5, 0.6) is 11.5 Å². The van der Waals surface area contributed by atoms with Crippen LogP contribution in [0.3, 0.4) is 0 Å². The molecule has 2 aromatic carbocycles. The molecule has 128 valence electrons. The van der Waals surface area contributed by atoms with E-state index in [-0.39, 0.29) is 5.91 Å². The van der Waals surface area contributed by atoms with E-state index in [0.29, 0.717) is 5.92 Å². The zero-order valence-electron chi connectivity index (χ0n) is 14.6. The van der Waals surface area contributed by atoms with Gasteiger partial charge in [0.15, 0.2) is 0 Å². The van der Waals surface area contributed by atoms with Crippen molar-refractivity contribution in [1.82, 2.24) is 5.32 Å². The maximum Gasteiger partial charge on any atom is 0.221 e. The molecule has 0 atom stereocenters. The number of benzene rings is 2. The Morgan fingerprint density at radius 3 is 2.12 bits per heavy atom. The first kappa shape index (κ1) is 18.0. The van der Waals surface area contributed by atoms with E-state index in [4.69, 9.17) is 4.74 Å². The van der Waals surface area contributed by atoms with Gasteiger partial charge in [-0.2, -0.15) is 0 Å². The SMILES string of the molecule is CC(=O)Nc1ccc(Oc2ccc(CCNCC(C)C)cc2)cc1. The first-order valence-corrected chi connectivity index (χ1v) is 8.38. The van der Waals surface area contributed by atoms with Crippen molar-refractivity contribution >= 4 is 11.6 Å². The predicted molar refractivity (Wildman–Crippen MR) is 98.7 cm³/mol. The Morgan fingerprint density at radius 2 is 1.58 bits per heavy atom. The van der Waals surface area contributed by atoms with E-state index in [1.165, 1.54) is 12.5 Å². The fourth-order valence-corrected chi connectivity index (χ4v) is 2.29. The van der Waals surface area contributed by atoms with Gasteiger partial charge in [-0.25, -0.2) is 0 Å². The molecule has 0 aliphatic heterocycles. The van der Waals surface area contributed by atoms with E-state index in [1.54, 1.807) is 0 Å². The largest absolute Gasteiger partial charge is 0.457 e. The standard InChI is InChI=1S/C20H26N2O2/c1-15(2)14-21-13-12-17-4-8-19(9-5-17)24-20-10-6-18(7-11-20)22-16(3)23/h4-11,15,21H,12-14H2,1-3H3,(H,22,23). The first-order chi connectivity index (χ1) is 11.5. The molecule has 0 saturated heterocycles. The summed E-state index contributed by atoms with van der Waals surface area (Å²) in [5, 5.41) is 6.18. The van der Waals surface area contributed by atoms with Crippen molar-refractivity contribution in [3.8, 4) is 11.5 Å². The number of hydrogen-bond acceptors (Lipinski definition) is 3. The van der Waals surface area contributed by atoms with Crippen molar-refractivity contribution in [3.05, 3.63) is 54.1 Å². The minimum absolute atomic E-state index is 0.0814. The smallest absolute Gasteiger partial charge is 0.221 e. The van der Waals surface area contributed by atoms with E-state index in [0.717, 1.165) is 36.7 Å². The topological polar surface area (TPSA) is 50.4 Å². The molecule has 24 heavy (non-hydrogen) atoms. The predicted octanol–water partition coefficient (Wildman–Crippen LogP) is 4.23. The number of rotatable bonds is 8. The molecule has 0 bridgehead atoms. The summed E-state index contributed by atoms with van der Waals surface area (Å²) in [6, 6.07) is 15.5. The number of nitrogens with one attached hydrogen (secondary N) is 2. The van der Waals surface area contributed by atoms with E-state index < -0.39 is 0 Å². The Labute approximate surface area is 144 Å². The third-order valence-electron chi connectivity index (χ3n) is 3.48. The number of amides is 1. The van der Waals surface area contributed by atoms with Crippen molar-refractivity contribution < 1.29 is 9.53 Å². The van der Waals surface area contributed by atoms with Crippen LogP contribution in [0, 0.1) is 5.92 Å². The molecule has 4 heteroatoms. The average Bonchev–Trinajstić information content (AvgIpc) is 2.54. The van der Waals surface area contributed by atoms with Gasteiger partial charge in [0.1, 0.15) is 11.5 Å². The van der Waals surface area contributed by atoms with Gasteiger partial charge in [0.25, 0.3) is 0 Å². The molecule has 0 aliphatic rings. The zero-order chi connectivity index (χ0) is 17.4. The van der Waals surface area contributed by atoms with Crippen LogP contribution in [-0.2, 0) is 11.2 Å². The molecule has 0 unspecified atom stereocenters. The van der Waals surface area contributed by atoms with Gasteiger partial charge in [0.2, 0.25) is 5.91 Å². The van der Waals surface area contributed by atoms with E-state index >= 15 is 0 Å². The molecule has 0 spiro atoms. The summed E-state index contributed by atoms with van der Waals surface area (Å²) in [5.41, 5.74) is 2.05. The summed E-state index contributed by atoms with van der Waals surface area (Å²) in [6.45, 7) is 7.95. The highest BCUT2D eigenvalue weighted by Crippen LogP contribution is 2.23. The molecule has 2 N–H and O–H groups in total. The normalized spacial score (nSPS) is 10.7. The molecule has 0 aliphatic carbocycles. The van der Waals surface area contributed by atoms with E-state index in [9.17, 15) is 4.79 Å². The molecule has 4 nitrogen and oxygen atoms in total. The van der Waals surface area contributed by atoms with Crippen LogP contribution in [0.2, 0.25) is 0 Å². The molecule has 0 radical (unpaired) electrons. The van der Waals surface area contributed by atoms with Crippen LogP contribution < -0.4 is 15.4 Å². The van der Waals surface area contributed by atoms with Crippen molar-refractivity contribution in [3.63, 3.8) is 0 Å². The monoisotopic (exact) mass is 326 g/mol. The molecule has 2 rings (SSSR count). The van der Waals surface area contributed by atoms with Crippen LogP contribution in [0.15, 0.2) is 48.5 Å². The second kappa shape index (κ2) is 9.08.